The average Bonchev–Trinajstić information content (AvgIpc) is 3.48. The van der Waals surface area contributed by atoms with Gasteiger partial charge in [0.2, 0.25) is 0 Å². The van der Waals surface area contributed by atoms with Gasteiger partial charge in [0.25, 0.3) is 5.56 Å². The van der Waals surface area contributed by atoms with E-state index in [0.29, 0.717) is 20.9 Å². The van der Waals surface area contributed by atoms with Crippen molar-refractivity contribution in [2.75, 3.05) is 6.61 Å². The van der Waals surface area contributed by atoms with Gasteiger partial charge in [-0.05, 0) is 61.0 Å². The van der Waals surface area contributed by atoms with Crippen LogP contribution in [0.25, 0.3) is 6.08 Å². The number of furan rings is 1. The Hall–Kier alpha value is -3.25. The van der Waals surface area contributed by atoms with E-state index in [9.17, 15) is 22.8 Å². The molecule has 40 heavy (non-hydrogen) atoms. The number of benzene rings is 2. The van der Waals surface area contributed by atoms with E-state index >= 15 is 0 Å². The van der Waals surface area contributed by atoms with Gasteiger partial charge in [0.15, 0.2) is 15.6 Å². The van der Waals surface area contributed by atoms with Gasteiger partial charge in [-0.3, -0.25) is 9.36 Å². The van der Waals surface area contributed by atoms with Gasteiger partial charge in [-0.1, -0.05) is 58.4 Å². The van der Waals surface area contributed by atoms with Crippen LogP contribution >= 0.6 is 46.3 Å². The summed E-state index contributed by atoms with van der Waals surface area (Å²) in [7, 11) is 0. The first kappa shape index (κ1) is 28.3. The van der Waals surface area contributed by atoms with Gasteiger partial charge in [0.1, 0.15) is 5.76 Å². The zero-order chi connectivity index (χ0) is 28.6. The molecule has 0 amide bonds. The Labute approximate surface area is 243 Å². The molecule has 6 nitrogen and oxygen atoms in total. The molecular formula is C27H17Cl2F3N2O4S2. The van der Waals surface area contributed by atoms with Crippen LogP contribution in [0.15, 0.2) is 96.1 Å². The molecule has 206 valence electrons. The Morgan fingerprint density at radius 3 is 2.38 bits per heavy atom. The molecule has 4 aromatic rings. The number of rotatable bonds is 6. The van der Waals surface area contributed by atoms with Crippen molar-refractivity contribution in [2.24, 2.45) is 4.99 Å². The SMILES string of the molecule is CCOC(=O)C1=C(C(F)(F)F)N=c2s/c(=C/c3ccc(Sc4ccc(Cl)cc4)o3)c(=O)n2[C@H]1c1ccc(Cl)cc1. The fraction of sp³-hybridized carbons (Fsp3) is 0.148. The van der Waals surface area contributed by atoms with Gasteiger partial charge in [-0.2, -0.15) is 13.2 Å². The highest BCUT2D eigenvalue weighted by Gasteiger charge is 2.45. The van der Waals surface area contributed by atoms with E-state index in [-0.39, 0.29) is 21.5 Å². The zero-order valence-corrected chi connectivity index (χ0v) is 23.5. The van der Waals surface area contributed by atoms with Crippen LogP contribution in [0.2, 0.25) is 10.0 Å². The molecule has 1 aliphatic heterocycles. The topological polar surface area (TPSA) is 73.8 Å². The summed E-state index contributed by atoms with van der Waals surface area (Å²) in [5, 5.41) is 1.46. The van der Waals surface area contributed by atoms with Crippen LogP contribution in [-0.4, -0.2) is 23.3 Å². The third-order valence-corrected chi connectivity index (χ3v) is 8.10. The lowest BCUT2D eigenvalue weighted by atomic mass is 9.95. The van der Waals surface area contributed by atoms with Crippen LogP contribution < -0.4 is 14.9 Å². The predicted molar refractivity (Wildman–Crippen MR) is 147 cm³/mol. The summed E-state index contributed by atoms with van der Waals surface area (Å²) < 4.78 is 54.5. The Balaban J connectivity index is 1.64. The van der Waals surface area contributed by atoms with E-state index in [0.717, 1.165) is 20.8 Å². The summed E-state index contributed by atoms with van der Waals surface area (Å²) in [5.41, 5.74) is -2.61. The number of aromatic nitrogens is 1. The normalized spacial score (nSPS) is 15.7. The molecule has 5 rings (SSSR count). The van der Waals surface area contributed by atoms with Gasteiger partial charge < -0.3 is 9.15 Å². The lowest BCUT2D eigenvalue weighted by molar-refractivity contribution is -0.140. The van der Waals surface area contributed by atoms with E-state index in [1.54, 1.807) is 24.3 Å². The number of carbonyl (C=O) groups excluding carboxylic acids is 1. The fourth-order valence-corrected chi connectivity index (χ4v) is 6.03. The number of allylic oxidation sites excluding steroid dienone is 1. The lowest BCUT2D eigenvalue weighted by Gasteiger charge is -2.26. The van der Waals surface area contributed by atoms with Crippen LogP contribution in [0.4, 0.5) is 13.2 Å². The third kappa shape index (κ3) is 5.78. The standard InChI is InChI=1S/C27H17Cl2F3N2O4S2/c1-2-37-25(36)21-22(14-3-5-15(28)6-4-14)34-24(35)19(40-26(34)33-23(21)27(30,31)32)13-17-9-12-20(38-17)39-18-10-7-16(29)8-11-18/h3-13,22H,2H2,1H3/b19-13+/t22-/m0/s1. The van der Waals surface area contributed by atoms with Gasteiger partial charge >= 0.3 is 12.1 Å². The highest BCUT2D eigenvalue weighted by Crippen LogP contribution is 2.38. The van der Waals surface area contributed by atoms with E-state index < -0.39 is 35.0 Å². The summed E-state index contributed by atoms with van der Waals surface area (Å²) in [5.74, 6) is -0.909. The van der Waals surface area contributed by atoms with Crippen LogP contribution in [0.1, 0.15) is 24.3 Å². The summed E-state index contributed by atoms with van der Waals surface area (Å²) >= 11 is 14.0. The summed E-state index contributed by atoms with van der Waals surface area (Å²) in [6.07, 6.45) is -3.56. The molecule has 0 radical (unpaired) electrons. The molecule has 1 aliphatic rings. The second-order valence-corrected chi connectivity index (χ2v) is 11.3. The minimum atomic E-state index is -4.99. The number of esters is 1. The molecule has 0 unspecified atom stereocenters. The van der Waals surface area contributed by atoms with Crippen LogP contribution in [-0.2, 0) is 9.53 Å². The number of nitrogens with zero attached hydrogens (tertiary/aromatic N) is 2. The van der Waals surface area contributed by atoms with Crippen molar-refractivity contribution >= 4 is 58.3 Å². The number of ether oxygens (including phenoxy) is 1. The van der Waals surface area contributed by atoms with Crippen LogP contribution in [0, 0.1) is 0 Å². The number of fused-ring (bicyclic) bond motifs is 1. The number of alkyl halides is 3. The minimum absolute atomic E-state index is 0.0711. The predicted octanol–water partition coefficient (Wildman–Crippen LogP) is 6.39. The summed E-state index contributed by atoms with van der Waals surface area (Å²) in [6, 6.07) is 14.9. The molecule has 1 atom stereocenters. The first-order valence-corrected chi connectivity index (χ1v) is 14.0. The maximum atomic E-state index is 14.2. The van der Waals surface area contributed by atoms with Crippen molar-refractivity contribution in [2.45, 2.75) is 29.1 Å². The van der Waals surface area contributed by atoms with Crippen LogP contribution in [0.3, 0.4) is 0 Å². The van der Waals surface area contributed by atoms with E-state index in [4.69, 9.17) is 32.4 Å². The molecule has 0 spiro atoms. The third-order valence-electron chi connectivity index (χ3n) is 5.69. The fourth-order valence-electron chi connectivity index (χ4n) is 4.02. The van der Waals surface area contributed by atoms with Crippen molar-refractivity contribution in [3.63, 3.8) is 0 Å². The maximum Gasteiger partial charge on any atom is 0.434 e. The van der Waals surface area contributed by atoms with Crippen molar-refractivity contribution in [3.8, 4) is 0 Å². The number of halogens is 5. The number of thiazole rings is 1. The second-order valence-electron chi connectivity index (χ2n) is 8.33. The molecule has 0 bridgehead atoms. The second kappa shape index (κ2) is 11.3. The van der Waals surface area contributed by atoms with Crippen molar-refractivity contribution < 1.29 is 27.1 Å². The molecule has 0 saturated heterocycles. The molecule has 0 aliphatic carbocycles. The molecule has 2 aromatic carbocycles. The highest BCUT2D eigenvalue weighted by atomic mass is 35.5. The molecule has 2 aromatic heterocycles. The summed E-state index contributed by atoms with van der Waals surface area (Å²) in [4.78, 5) is 30.9. The number of hydrogen-bond acceptors (Lipinski definition) is 7. The number of carbonyl (C=O) groups is 1. The van der Waals surface area contributed by atoms with Crippen molar-refractivity contribution in [1.29, 1.82) is 0 Å². The first-order chi connectivity index (χ1) is 19.0. The highest BCUT2D eigenvalue weighted by molar-refractivity contribution is 7.99. The smallest absolute Gasteiger partial charge is 0.434 e. The van der Waals surface area contributed by atoms with Gasteiger partial charge in [-0.15, -0.1) is 0 Å². The largest absolute Gasteiger partial charge is 0.463 e. The van der Waals surface area contributed by atoms with Gasteiger partial charge in [0.05, 0.1) is 22.8 Å². The number of hydrogen-bond donors (Lipinski definition) is 0. The Kier molecular flexibility index (Phi) is 8.01. The van der Waals surface area contributed by atoms with E-state index in [1.807, 2.05) is 12.1 Å². The van der Waals surface area contributed by atoms with Gasteiger partial charge in [0, 0.05) is 21.0 Å². The monoisotopic (exact) mass is 624 g/mol. The molecule has 3 heterocycles. The average molecular weight is 625 g/mol. The Morgan fingerprint density at radius 2 is 1.75 bits per heavy atom. The van der Waals surface area contributed by atoms with Crippen LogP contribution in [0.5, 0.6) is 0 Å². The van der Waals surface area contributed by atoms with E-state index in [1.165, 1.54) is 49.0 Å². The van der Waals surface area contributed by atoms with Crippen molar-refractivity contribution in [1.82, 2.24) is 4.57 Å². The lowest BCUT2D eigenvalue weighted by Crippen LogP contribution is -2.41. The van der Waals surface area contributed by atoms with E-state index in [2.05, 4.69) is 4.99 Å². The minimum Gasteiger partial charge on any atom is -0.463 e. The summed E-state index contributed by atoms with van der Waals surface area (Å²) in [6.45, 7) is 1.31. The zero-order valence-electron chi connectivity index (χ0n) is 20.4. The Bertz CT molecular complexity index is 1790. The molecule has 0 fully saturated rings. The first-order valence-electron chi connectivity index (χ1n) is 11.6. The molecule has 13 heteroatoms. The maximum absolute atomic E-state index is 14.2. The molecule has 0 saturated carbocycles. The Morgan fingerprint density at radius 1 is 1.10 bits per heavy atom. The van der Waals surface area contributed by atoms with Gasteiger partial charge in [-0.25, -0.2) is 9.79 Å². The molecular weight excluding hydrogens is 608 g/mol. The molecule has 0 N–H and O–H groups in total. The quantitative estimate of drug-likeness (QED) is 0.232. The van der Waals surface area contributed by atoms with Crippen molar-refractivity contribution in [3.05, 3.63) is 113 Å².